The largest absolute Gasteiger partial charge is 0.139 e. The predicted octanol–water partition coefficient (Wildman–Crippen LogP) is 10.2. The molecule has 0 spiro atoms. The Labute approximate surface area is 191 Å². The van der Waals surface area contributed by atoms with Gasteiger partial charge in [-0.05, 0) is 73.6 Å². The minimum atomic E-state index is 0.791. The molecular weight excluding hydrogens is 400 g/mol. The summed E-state index contributed by atoms with van der Waals surface area (Å²) in [7, 11) is 0. The second-order valence-electron chi connectivity index (χ2n) is 9.34. The quantitative estimate of drug-likeness (QED) is 0.276. The van der Waals surface area contributed by atoms with Crippen molar-refractivity contribution in [2.75, 3.05) is 0 Å². The fraction of sp³-hybridized carbons (Fsp3) is 0.571. The minimum absolute atomic E-state index is 0.791. The molecule has 0 nitrogen and oxygen atoms in total. The topological polar surface area (TPSA) is 0 Å². The molecule has 0 unspecified atom stereocenters. The van der Waals surface area contributed by atoms with Crippen LogP contribution in [0.5, 0.6) is 0 Å². The number of fused-ring (bicyclic) bond motifs is 1. The first kappa shape index (κ1) is 22.1. The molecule has 0 bridgehead atoms. The van der Waals surface area contributed by atoms with Gasteiger partial charge in [0.05, 0.1) is 0 Å². The van der Waals surface area contributed by atoms with E-state index in [4.69, 9.17) is 0 Å². The molecule has 0 amide bonds. The van der Waals surface area contributed by atoms with Crippen LogP contribution in [0.15, 0.2) is 36.4 Å². The third kappa shape index (κ3) is 5.56. The van der Waals surface area contributed by atoms with Gasteiger partial charge in [-0.1, -0.05) is 76.6 Å². The number of thiophene rings is 2. The predicted molar refractivity (Wildman–Crippen MR) is 137 cm³/mol. The Morgan fingerprint density at radius 2 is 1.47 bits per heavy atom. The molecule has 1 saturated carbocycles. The lowest BCUT2D eigenvalue weighted by molar-refractivity contribution is 0.303. The van der Waals surface area contributed by atoms with E-state index in [0.717, 1.165) is 11.8 Å². The molecule has 0 aliphatic heterocycles. The van der Waals surface area contributed by atoms with Crippen molar-refractivity contribution < 1.29 is 0 Å². The van der Waals surface area contributed by atoms with Gasteiger partial charge in [0.2, 0.25) is 0 Å². The molecule has 1 fully saturated rings. The zero-order valence-corrected chi connectivity index (χ0v) is 20.6. The molecule has 1 aliphatic carbocycles. The minimum Gasteiger partial charge on any atom is -0.139 e. The Morgan fingerprint density at radius 1 is 0.767 bits per heavy atom. The normalized spacial score (nSPS) is 19.5. The molecule has 2 heteroatoms. The smallest absolute Gasteiger partial charge is 0.0460 e. The fourth-order valence-electron chi connectivity index (χ4n) is 5.09. The van der Waals surface area contributed by atoms with Crippen LogP contribution in [0, 0.1) is 5.92 Å². The van der Waals surface area contributed by atoms with E-state index in [1.807, 2.05) is 22.7 Å². The van der Waals surface area contributed by atoms with Crippen LogP contribution in [0.1, 0.15) is 101 Å². The first-order valence-electron chi connectivity index (χ1n) is 12.4. The Bertz CT molecular complexity index is 859. The Kier molecular flexibility index (Phi) is 8.07. The van der Waals surface area contributed by atoms with E-state index in [-0.39, 0.29) is 0 Å². The summed E-state index contributed by atoms with van der Waals surface area (Å²) in [6.07, 6.45) is 16.6. The van der Waals surface area contributed by atoms with Crippen LogP contribution in [-0.2, 0) is 6.42 Å². The molecule has 30 heavy (non-hydrogen) atoms. The number of hydrogen-bond acceptors (Lipinski definition) is 2. The summed E-state index contributed by atoms with van der Waals surface area (Å²) >= 11 is 3.98. The maximum Gasteiger partial charge on any atom is 0.0460 e. The van der Waals surface area contributed by atoms with E-state index in [2.05, 4.69) is 50.2 Å². The van der Waals surface area contributed by atoms with Crippen molar-refractivity contribution in [2.24, 2.45) is 5.92 Å². The van der Waals surface area contributed by atoms with Gasteiger partial charge in [-0.25, -0.2) is 0 Å². The van der Waals surface area contributed by atoms with E-state index in [1.165, 1.54) is 96.9 Å². The van der Waals surface area contributed by atoms with Gasteiger partial charge in [0, 0.05) is 19.2 Å². The molecule has 3 aromatic rings. The molecule has 0 N–H and O–H groups in total. The molecule has 2 aromatic heterocycles. The van der Waals surface area contributed by atoms with Crippen molar-refractivity contribution in [3.05, 3.63) is 46.8 Å². The third-order valence-electron chi connectivity index (χ3n) is 7.01. The average Bonchev–Trinajstić information content (AvgIpc) is 3.34. The molecule has 1 aromatic carbocycles. The highest BCUT2D eigenvalue weighted by atomic mass is 32.1. The van der Waals surface area contributed by atoms with Crippen LogP contribution in [0.3, 0.4) is 0 Å². The molecular formula is C28H38S2. The molecule has 2 heterocycles. The number of benzene rings is 1. The highest BCUT2D eigenvalue weighted by Gasteiger charge is 2.22. The van der Waals surface area contributed by atoms with Crippen molar-refractivity contribution in [3.8, 4) is 10.4 Å². The maximum absolute atomic E-state index is 2.44. The second kappa shape index (κ2) is 11.0. The Balaban J connectivity index is 1.34. The summed E-state index contributed by atoms with van der Waals surface area (Å²) in [5.74, 6) is 1.79. The molecule has 1 aliphatic rings. The van der Waals surface area contributed by atoms with Crippen LogP contribution >= 0.6 is 22.7 Å². The lowest BCUT2D eigenvalue weighted by Gasteiger charge is -2.29. The van der Waals surface area contributed by atoms with Crippen LogP contribution < -0.4 is 0 Å². The first-order chi connectivity index (χ1) is 14.8. The van der Waals surface area contributed by atoms with Gasteiger partial charge in [-0.2, -0.15) is 0 Å². The highest BCUT2D eigenvalue weighted by Crippen LogP contribution is 2.41. The zero-order valence-electron chi connectivity index (χ0n) is 18.9. The van der Waals surface area contributed by atoms with Gasteiger partial charge in [0.1, 0.15) is 0 Å². The lowest BCUT2D eigenvalue weighted by Crippen LogP contribution is -2.13. The van der Waals surface area contributed by atoms with Crippen LogP contribution in [0.4, 0.5) is 0 Å². The monoisotopic (exact) mass is 438 g/mol. The van der Waals surface area contributed by atoms with Crippen LogP contribution in [0.25, 0.3) is 19.8 Å². The third-order valence-corrected chi connectivity index (χ3v) is 9.42. The van der Waals surface area contributed by atoms with E-state index in [1.54, 1.807) is 10.4 Å². The van der Waals surface area contributed by atoms with Gasteiger partial charge in [0.25, 0.3) is 0 Å². The Hall–Kier alpha value is -1.12. The van der Waals surface area contributed by atoms with Crippen molar-refractivity contribution in [3.63, 3.8) is 0 Å². The van der Waals surface area contributed by atoms with E-state index in [0.29, 0.717) is 0 Å². The van der Waals surface area contributed by atoms with E-state index in [9.17, 15) is 0 Å². The summed E-state index contributed by atoms with van der Waals surface area (Å²) in [4.78, 5) is 3.00. The number of hydrogen-bond donors (Lipinski definition) is 0. The summed E-state index contributed by atoms with van der Waals surface area (Å²) < 4.78 is 2.96. The van der Waals surface area contributed by atoms with Gasteiger partial charge in [-0.15, -0.1) is 22.7 Å². The number of rotatable bonds is 10. The van der Waals surface area contributed by atoms with Gasteiger partial charge in [-0.3, -0.25) is 0 Å². The SMILES string of the molecule is CCCCCc1cc2sc(-c3ccc(C4CCC(CCCCC)CC4)cc3)cc2s1. The van der Waals surface area contributed by atoms with Gasteiger partial charge >= 0.3 is 0 Å². The molecule has 0 radical (unpaired) electrons. The zero-order chi connectivity index (χ0) is 20.8. The Morgan fingerprint density at radius 3 is 2.17 bits per heavy atom. The van der Waals surface area contributed by atoms with Crippen LogP contribution in [0.2, 0.25) is 0 Å². The fourth-order valence-corrected chi connectivity index (χ4v) is 7.56. The van der Waals surface area contributed by atoms with Crippen molar-refractivity contribution in [1.29, 1.82) is 0 Å². The molecule has 0 atom stereocenters. The molecule has 0 saturated heterocycles. The van der Waals surface area contributed by atoms with Crippen molar-refractivity contribution in [1.82, 2.24) is 0 Å². The van der Waals surface area contributed by atoms with E-state index < -0.39 is 0 Å². The van der Waals surface area contributed by atoms with Gasteiger partial charge < -0.3 is 0 Å². The van der Waals surface area contributed by atoms with Gasteiger partial charge in [0.15, 0.2) is 0 Å². The van der Waals surface area contributed by atoms with Crippen molar-refractivity contribution >= 4 is 32.1 Å². The molecule has 162 valence electrons. The maximum atomic E-state index is 2.44. The highest BCUT2D eigenvalue weighted by molar-refractivity contribution is 7.29. The van der Waals surface area contributed by atoms with E-state index >= 15 is 0 Å². The van der Waals surface area contributed by atoms with Crippen LogP contribution in [-0.4, -0.2) is 0 Å². The summed E-state index contributed by atoms with van der Waals surface area (Å²) in [6, 6.07) is 14.4. The summed E-state index contributed by atoms with van der Waals surface area (Å²) in [5, 5.41) is 0. The molecule has 4 rings (SSSR count). The standard InChI is InChI=1S/C28H38S2/c1-3-5-7-9-21-11-13-22(14-12-21)23-15-17-24(18-16-23)26-20-28-27(30-26)19-25(29-28)10-8-6-4-2/h15-22H,3-14H2,1-2H3. The summed E-state index contributed by atoms with van der Waals surface area (Å²) in [5.41, 5.74) is 2.97. The summed E-state index contributed by atoms with van der Waals surface area (Å²) in [6.45, 7) is 4.59. The lowest BCUT2D eigenvalue weighted by atomic mass is 9.77. The number of aryl methyl sites for hydroxylation is 1. The second-order valence-corrected chi connectivity index (χ2v) is 11.6. The van der Waals surface area contributed by atoms with Crippen molar-refractivity contribution in [2.45, 2.75) is 96.8 Å². The first-order valence-corrected chi connectivity index (χ1v) is 14.0. The number of unbranched alkanes of at least 4 members (excludes halogenated alkanes) is 4. The average molecular weight is 439 g/mol.